The highest BCUT2D eigenvalue weighted by Crippen LogP contribution is 2.51. The van der Waals surface area contributed by atoms with E-state index in [0.29, 0.717) is 17.9 Å². The zero-order valence-corrected chi connectivity index (χ0v) is 14.0. The number of carbonyl (C=O) groups excluding carboxylic acids is 1. The van der Waals surface area contributed by atoms with Crippen molar-refractivity contribution in [2.45, 2.75) is 31.2 Å². The molecule has 2 heterocycles. The molecule has 2 aliphatic rings. The Morgan fingerprint density at radius 1 is 1.33 bits per heavy atom. The fourth-order valence-corrected chi connectivity index (χ4v) is 3.90. The summed E-state index contributed by atoms with van der Waals surface area (Å²) in [5.41, 5.74) is 1.17. The Bertz CT molecular complexity index is 713. The Morgan fingerprint density at radius 3 is 3.00 bits per heavy atom. The van der Waals surface area contributed by atoms with Crippen molar-refractivity contribution in [3.05, 3.63) is 48.5 Å². The molecule has 0 spiro atoms. The van der Waals surface area contributed by atoms with Crippen LogP contribution in [0.1, 0.15) is 36.8 Å². The van der Waals surface area contributed by atoms with Crippen LogP contribution < -0.4 is 4.74 Å². The Labute approximate surface area is 142 Å². The SMILES string of the molecule is COc1ccccc1[C@@H]1C[C@@H]1C(=O)N1CCC[C@@H](n2ccnc2)C1. The zero-order valence-electron chi connectivity index (χ0n) is 14.0. The van der Waals surface area contributed by atoms with Gasteiger partial charge in [-0.3, -0.25) is 4.79 Å². The smallest absolute Gasteiger partial charge is 0.226 e. The number of benzene rings is 1. The summed E-state index contributed by atoms with van der Waals surface area (Å²) in [6.45, 7) is 1.67. The van der Waals surface area contributed by atoms with Gasteiger partial charge in [-0.25, -0.2) is 4.98 Å². The molecule has 1 amide bonds. The van der Waals surface area contributed by atoms with E-state index in [1.807, 2.05) is 35.6 Å². The van der Waals surface area contributed by atoms with Gasteiger partial charge in [-0.2, -0.15) is 0 Å². The highest BCUT2D eigenvalue weighted by atomic mass is 16.5. The van der Waals surface area contributed by atoms with Crippen molar-refractivity contribution >= 4 is 5.91 Å². The number of ether oxygens (including phenoxy) is 1. The molecule has 24 heavy (non-hydrogen) atoms. The average molecular weight is 325 g/mol. The van der Waals surface area contributed by atoms with Crippen molar-refractivity contribution in [2.75, 3.05) is 20.2 Å². The second-order valence-corrected chi connectivity index (χ2v) is 6.78. The minimum atomic E-state index is 0.114. The zero-order chi connectivity index (χ0) is 16.5. The minimum Gasteiger partial charge on any atom is -0.496 e. The second-order valence-electron chi connectivity index (χ2n) is 6.78. The Morgan fingerprint density at radius 2 is 2.21 bits per heavy atom. The maximum atomic E-state index is 12.9. The number of hydrogen-bond acceptors (Lipinski definition) is 3. The third-order valence-electron chi connectivity index (χ3n) is 5.30. The number of rotatable bonds is 4. The van der Waals surface area contributed by atoms with Crippen LogP contribution in [-0.4, -0.2) is 40.6 Å². The summed E-state index contributed by atoms with van der Waals surface area (Å²) < 4.78 is 7.58. The molecule has 0 N–H and O–H groups in total. The van der Waals surface area contributed by atoms with Crippen LogP contribution in [0.4, 0.5) is 0 Å². The molecule has 1 aromatic carbocycles. The first-order valence-electron chi connectivity index (χ1n) is 8.67. The van der Waals surface area contributed by atoms with Crippen LogP contribution in [-0.2, 0) is 4.79 Å². The van der Waals surface area contributed by atoms with E-state index < -0.39 is 0 Å². The number of hydrogen-bond donors (Lipinski definition) is 0. The highest BCUT2D eigenvalue weighted by Gasteiger charge is 2.47. The van der Waals surface area contributed by atoms with Crippen molar-refractivity contribution in [1.82, 2.24) is 14.5 Å². The van der Waals surface area contributed by atoms with E-state index in [0.717, 1.165) is 38.1 Å². The first-order chi connectivity index (χ1) is 11.8. The van der Waals surface area contributed by atoms with Crippen LogP contribution in [0.25, 0.3) is 0 Å². The van der Waals surface area contributed by atoms with Gasteiger partial charge in [0.05, 0.1) is 19.5 Å². The summed E-state index contributed by atoms with van der Waals surface area (Å²) in [7, 11) is 1.69. The molecule has 2 fully saturated rings. The van der Waals surface area contributed by atoms with Gasteiger partial charge < -0.3 is 14.2 Å². The van der Waals surface area contributed by atoms with E-state index in [-0.39, 0.29) is 5.92 Å². The number of para-hydroxylation sites is 1. The summed E-state index contributed by atoms with van der Waals surface area (Å²) in [5, 5.41) is 0. The van der Waals surface area contributed by atoms with Crippen molar-refractivity contribution in [1.29, 1.82) is 0 Å². The van der Waals surface area contributed by atoms with E-state index >= 15 is 0 Å². The fraction of sp³-hybridized carbons (Fsp3) is 0.474. The Hall–Kier alpha value is -2.30. The van der Waals surface area contributed by atoms with Crippen molar-refractivity contribution in [2.24, 2.45) is 5.92 Å². The monoisotopic (exact) mass is 325 g/mol. The van der Waals surface area contributed by atoms with E-state index in [1.165, 1.54) is 5.56 Å². The molecular weight excluding hydrogens is 302 g/mol. The van der Waals surface area contributed by atoms with Gasteiger partial charge >= 0.3 is 0 Å². The minimum absolute atomic E-state index is 0.114. The van der Waals surface area contributed by atoms with Gasteiger partial charge in [0, 0.05) is 31.4 Å². The second kappa shape index (κ2) is 6.30. The van der Waals surface area contributed by atoms with Gasteiger partial charge in [-0.1, -0.05) is 18.2 Å². The lowest BCUT2D eigenvalue weighted by molar-refractivity contribution is -0.134. The molecule has 1 aliphatic carbocycles. The van der Waals surface area contributed by atoms with Gasteiger partial charge in [0.1, 0.15) is 5.75 Å². The molecule has 1 saturated heterocycles. The van der Waals surface area contributed by atoms with Gasteiger partial charge in [-0.15, -0.1) is 0 Å². The molecule has 126 valence electrons. The first-order valence-corrected chi connectivity index (χ1v) is 8.67. The van der Waals surface area contributed by atoms with Crippen LogP contribution in [0.3, 0.4) is 0 Å². The van der Waals surface area contributed by atoms with Gasteiger partial charge in [0.15, 0.2) is 0 Å². The predicted octanol–water partition coefficient (Wildman–Crippen LogP) is 2.86. The van der Waals surface area contributed by atoms with Crippen LogP contribution in [0.5, 0.6) is 5.75 Å². The normalized spacial score (nSPS) is 26.2. The van der Waals surface area contributed by atoms with E-state index in [4.69, 9.17) is 4.74 Å². The lowest BCUT2D eigenvalue weighted by Crippen LogP contribution is -2.41. The molecule has 0 radical (unpaired) electrons. The number of methoxy groups -OCH3 is 1. The summed E-state index contributed by atoms with van der Waals surface area (Å²) >= 11 is 0. The number of carbonyl (C=O) groups is 1. The van der Waals surface area contributed by atoms with Crippen molar-refractivity contribution < 1.29 is 9.53 Å². The maximum Gasteiger partial charge on any atom is 0.226 e. The lowest BCUT2D eigenvalue weighted by atomic mass is 10.0. The molecule has 5 heteroatoms. The van der Waals surface area contributed by atoms with Crippen molar-refractivity contribution in [3.8, 4) is 5.75 Å². The fourth-order valence-electron chi connectivity index (χ4n) is 3.90. The number of nitrogens with zero attached hydrogens (tertiary/aromatic N) is 3. The molecule has 0 unspecified atom stereocenters. The number of piperidine rings is 1. The third-order valence-corrected chi connectivity index (χ3v) is 5.30. The van der Waals surface area contributed by atoms with Crippen molar-refractivity contribution in [3.63, 3.8) is 0 Å². The molecule has 2 aromatic rings. The van der Waals surface area contributed by atoms with Crippen LogP contribution in [0.2, 0.25) is 0 Å². The van der Waals surface area contributed by atoms with Crippen LogP contribution in [0.15, 0.2) is 43.0 Å². The molecule has 5 nitrogen and oxygen atoms in total. The lowest BCUT2D eigenvalue weighted by Gasteiger charge is -2.33. The van der Waals surface area contributed by atoms with Gasteiger partial charge in [-0.05, 0) is 36.8 Å². The largest absolute Gasteiger partial charge is 0.496 e. The van der Waals surface area contributed by atoms with Crippen LogP contribution >= 0.6 is 0 Å². The summed E-state index contributed by atoms with van der Waals surface area (Å²) in [6, 6.07) is 8.41. The standard InChI is InChI=1S/C19H23N3O2/c1-24-18-7-3-2-6-15(18)16-11-17(16)19(23)21-9-4-5-14(12-21)22-10-8-20-13-22/h2-3,6-8,10,13-14,16-17H,4-5,9,11-12H2,1H3/t14-,16+,17+/m1/s1. The number of aromatic nitrogens is 2. The molecule has 3 atom stereocenters. The topological polar surface area (TPSA) is 47.4 Å². The Kier molecular flexibility index (Phi) is 4.00. The molecular formula is C19H23N3O2. The number of likely N-dealkylation sites (tertiary alicyclic amines) is 1. The molecule has 4 rings (SSSR count). The summed E-state index contributed by atoms with van der Waals surface area (Å²) in [4.78, 5) is 19.1. The van der Waals surface area contributed by atoms with E-state index in [2.05, 4.69) is 15.6 Å². The van der Waals surface area contributed by atoms with Gasteiger partial charge in [0.25, 0.3) is 0 Å². The predicted molar refractivity (Wildman–Crippen MR) is 90.9 cm³/mol. The quantitative estimate of drug-likeness (QED) is 0.868. The summed E-state index contributed by atoms with van der Waals surface area (Å²) in [5.74, 6) is 1.62. The molecule has 1 aromatic heterocycles. The molecule has 1 saturated carbocycles. The first kappa shape index (κ1) is 15.2. The maximum absolute atomic E-state index is 12.9. The highest BCUT2D eigenvalue weighted by molar-refractivity contribution is 5.83. The van der Waals surface area contributed by atoms with E-state index in [1.54, 1.807) is 13.3 Å². The average Bonchev–Trinajstić information content (AvgIpc) is 3.24. The van der Waals surface area contributed by atoms with E-state index in [9.17, 15) is 4.79 Å². The third kappa shape index (κ3) is 2.79. The number of imidazole rings is 1. The van der Waals surface area contributed by atoms with Crippen LogP contribution in [0, 0.1) is 5.92 Å². The Balaban J connectivity index is 1.43. The molecule has 0 bridgehead atoms. The molecule has 1 aliphatic heterocycles. The summed E-state index contributed by atoms with van der Waals surface area (Å²) in [6.07, 6.45) is 8.76. The number of amides is 1. The van der Waals surface area contributed by atoms with Gasteiger partial charge in [0.2, 0.25) is 5.91 Å².